The van der Waals surface area contributed by atoms with E-state index in [1.165, 1.54) is 19.2 Å². The molecule has 0 radical (unpaired) electrons. The van der Waals surface area contributed by atoms with E-state index >= 15 is 0 Å². The van der Waals surface area contributed by atoms with Crippen LogP contribution < -0.4 is 4.74 Å². The maximum Gasteiger partial charge on any atom is 0.339 e. The largest absolute Gasteiger partial charge is 0.496 e. The Bertz CT molecular complexity index is 422. The lowest BCUT2D eigenvalue weighted by atomic mass is 10.1. The minimum Gasteiger partial charge on any atom is -0.496 e. The number of benzene rings is 1. The molecule has 0 aromatic heterocycles. The van der Waals surface area contributed by atoms with E-state index in [0.29, 0.717) is 0 Å². The summed E-state index contributed by atoms with van der Waals surface area (Å²) in [7, 11) is 1.32. The van der Waals surface area contributed by atoms with Crippen molar-refractivity contribution in [2.75, 3.05) is 13.7 Å². The van der Waals surface area contributed by atoms with E-state index in [4.69, 9.17) is 4.74 Å². The predicted molar refractivity (Wildman–Crippen MR) is 62.2 cm³/mol. The molecular weight excluding hydrogens is 295 g/mol. The molecule has 17 heavy (non-hydrogen) atoms. The number of ether oxygens (including phenoxy) is 2. The van der Waals surface area contributed by atoms with Crippen LogP contribution in [0.5, 0.6) is 5.75 Å². The molecule has 1 aromatic rings. The summed E-state index contributed by atoms with van der Waals surface area (Å²) in [5, 5.41) is 9.72. The number of carbonyl (C=O) groups excluding carboxylic acids is 1. The van der Waals surface area contributed by atoms with Crippen molar-refractivity contribution in [1.82, 2.24) is 0 Å². The molecule has 1 N–H and O–H groups in total. The second kappa shape index (κ2) is 5.97. The van der Waals surface area contributed by atoms with Crippen molar-refractivity contribution in [3.63, 3.8) is 0 Å². The van der Waals surface area contributed by atoms with Crippen LogP contribution in [0.4, 0.5) is 4.39 Å². The lowest BCUT2D eigenvalue weighted by Gasteiger charge is -2.15. The van der Waals surface area contributed by atoms with Crippen molar-refractivity contribution in [2.45, 2.75) is 13.0 Å². The Balaban J connectivity index is 3.19. The van der Waals surface area contributed by atoms with Gasteiger partial charge in [-0.05, 0) is 35.0 Å². The van der Waals surface area contributed by atoms with Gasteiger partial charge in [0.25, 0.3) is 0 Å². The van der Waals surface area contributed by atoms with Crippen LogP contribution in [0.3, 0.4) is 0 Å². The first-order valence-corrected chi connectivity index (χ1v) is 5.68. The van der Waals surface area contributed by atoms with Crippen LogP contribution in [0.15, 0.2) is 16.6 Å². The summed E-state index contributed by atoms with van der Waals surface area (Å²) < 4.78 is 23.5. The summed E-state index contributed by atoms with van der Waals surface area (Å²) in [6.45, 7) is 1.70. The summed E-state index contributed by atoms with van der Waals surface area (Å²) in [6, 6.07) is 2.88. The molecule has 0 bridgehead atoms. The van der Waals surface area contributed by atoms with Crippen LogP contribution in [-0.2, 0) is 9.53 Å². The van der Waals surface area contributed by atoms with Crippen molar-refractivity contribution in [1.29, 1.82) is 0 Å². The molecule has 0 saturated carbocycles. The Morgan fingerprint density at radius 3 is 2.76 bits per heavy atom. The summed E-state index contributed by atoms with van der Waals surface area (Å²) in [6.07, 6.45) is -1.71. The Morgan fingerprint density at radius 2 is 2.24 bits per heavy atom. The number of rotatable bonds is 4. The first-order valence-electron chi connectivity index (χ1n) is 4.89. The van der Waals surface area contributed by atoms with Gasteiger partial charge in [0.15, 0.2) is 6.10 Å². The molecule has 0 aliphatic carbocycles. The molecule has 6 heteroatoms. The predicted octanol–water partition coefficient (Wildman–Crippen LogP) is 2.19. The van der Waals surface area contributed by atoms with Gasteiger partial charge in [-0.1, -0.05) is 0 Å². The van der Waals surface area contributed by atoms with Crippen molar-refractivity contribution in [2.24, 2.45) is 0 Å². The van der Waals surface area contributed by atoms with Crippen LogP contribution >= 0.6 is 15.9 Å². The highest BCUT2D eigenvalue weighted by atomic mass is 79.9. The fourth-order valence-corrected chi connectivity index (χ4v) is 1.67. The molecule has 0 aliphatic heterocycles. The van der Waals surface area contributed by atoms with Gasteiger partial charge in [0.05, 0.1) is 23.8 Å². The summed E-state index contributed by atoms with van der Waals surface area (Å²) in [5.41, 5.74) is -0.236. The summed E-state index contributed by atoms with van der Waals surface area (Å²) in [4.78, 5) is 11.4. The SMILES string of the molecule is CCOC(=O)C(O)c1c(OC)ccc(Br)c1F. The van der Waals surface area contributed by atoms with Gasteiger partial charge in [-0.3, -0.25) is 0 Å². The number of hydrogen-bond donors (Lipinski definition) is 1. The van der Waals surface area contributed by atoms with E-state index < -0.39 is 17.9 Å². The minimum absolute atomic E-state index is 0.0891. The standard InChI is InChI=1S/C11H12BrFO4/c1-3-17-11(15)10(14)8-7(16-2)5-4-6(12)9(8)13/h4-5,10,14H,3H2,1-2H3. The van der Waals surface area contributed by atoms with E-state index in [1.54, 1.807) is 6.92 Å². The van der Waals surface area contributed by atoms with Gasteiger partial charge in [-0.2, -0.15) is 0 Å². The molecule has 1 atom stereocenters. The van der Waals surface area contributed by atoms with E-state index in [1.807, 2.05) is 0 Å². The third-order valence-electron chi connectivity index (χ3n) is 2.10. The number of methoxy groups -OCH3 is 1. The normalized spacial score (nSPS) is 12.1. The molecule has 0 fully saturated rings. The molecular formula is C11H12BrFO4. The van der Waals surface area contributed by atoms with Crippen LogP contribution in [0.2, 0.25) is 0 Å². The summed E-state index contributed by atoms with van der Waals surface area (Å²) >= 11 is 2.97. The summed E-state index contributed by atoms with van der Waals surface area (Å²) in [5.74, 6) is -1.57. The van der Waals surface area contributed by atoms with E-state index in [-0.39, 0.29) is 22.4 Å². The third kappa shape index (κ3) is 2.95. The van der Waals surface area contributed by atoms with Crippen molar-refractivity contribution < 1.29 is 23.8 Å². The molecule has 0 amide bonds. The Hall–Kier alpha value is -1.14. The Kier molecular flexibility index (Phi) is 4.89. The van der Waals surface area contributed by atoms with Crippen LogP contribution in [0.1, 0.15) is 18.6 Å². The van der Waals surface area contributed by atoms with Crippen LogP contribution in [0, 0.1) is 5.82 Å². The zero-order valence-electron chi connectivity index (χ0n) is 9.37. The first kappa shape index (κ1) is 13.9. The number of esters is 1. The zero-order chi connectivity index (χ0) is 13.0. The zero-order valence-corrected chi connectivity index (χ0v) is 11.0. The number of hydrogen-bond acceptors (Lipinski definition) is 4. The topological polar surface area (TPSA) is 55.8 Å². The van der Waals surface area contributed by atoms with Gasteiger partial charge in [0.1, 0.15) is 11.6 Å². The number of halogens is 2. The monoisotopic (exact) mass is 306 g/mol. The van der Waals surface area contributed by atoms with Gasteiger partial charge in [0.2, 0.25) is 0 Å². The smallest absolute Gasteiger partial charge is 0.339 e. The number of aliphatic hydroxyl groups is 1. The maximum atomic E-state index is 13.8. The highest BCUT2D eigenvalue weighted by molar-refractivity contribution is 9.10. The van der Waals surface area contributed by atoms with E-state index in [0.717, 1.165) is 0 Å². The molecule has 1 unspecified atom stereocenters. The maximum absolute atomic E-state index is 13.8. The van der Waals surface area contributed by atoms with Crippen LogP contribution in [-0.4, -0.2) is 24.8 Å². The second-order valence-electron chi connectivity index (χ2n) is 3.13. The quantitative estimate of drug-likeness (QED) is 0.866. The van der Waals surface area contributed by atoms with Gasteiger partial charge in [0, 0.05) is 0 Å². The van der Waals surface area contributed by atoms with Crippen LogP contribution in [0.25, 0.3) is 0 Å². The molecule has 1 aromatic carbocycles. The lowest BCUT2D eigenvalue weighted by Crippen LogP contribution is -2.17. The average molecular weight is 307 g/mol. The van der Waals surface area contributed by atoms with Crippen molar-refractivity contribution >= 4 is 21.9 Å². The molecule has 94 valence electrons. The Morgan fingerprint density at radius 1 is 1.59 bits per heavy atom. The Labute approximate surface area is 106 Å². The van der Waals surface area contributed by atoms with Gasteiger partial charge in [-0.15, -0.1) is 0 Å². The number of carbonyl (C=O) groups is 1. The van der Waals surface area contributed by atoms with Gasteiger partial charge < -0.3 is 14.6 Å². The van der Waals surface area contributed by atoms with Crippen molar-refractivity contribution in [3.8, 4) is 5.75 Å². The molecule has 0 heterocycles. The molecule has 4 nitrogen and oxygen atoms in total. The lowest BCUT2D eigenvalue weighted by molar-refractivity contribution is -0.153. The van der Waals surface area contributed by atoms with Gasteiger partial charge in [-0.25, -0.2) is 9.18 Å². The molecule has 0 aliphatic rings. The van der Waals surface area contributed by atoms with E-state index in [9.17, 15) is 14.3 Å². The minimum atomic E-state index is -1.71. The highest BCUT2D eigenvalue weighted by Gasteiger charge is 2.27. The molecule has 1 rings (SSSR count). The molecule has 0 saturated heterocycles. The third-order valence-corrected chi connectivity index (χ3v) is 2.71. The average Bonchev–Trinajstić information content (AvgIpc) is 2.32. The van der Waals surface area contributed by atoms with Crippen molar-refractivity contribution in [3.05, 3.63) is 28.0 Å². The first-order chi connectivity index (χ1) is 8.02. The number of aliphatic hydroxyl groups excluding tert-OH is 1. The van der Waals surface area contributed by atoms with E-state index in [2.05, 4.69) is 20.7 Å². The second-order valence-corrected chi connectivity index (χ2v) is 3.99. The fourth-order valence-electron chi connectivity index (χ4n) is 1.32. The van der Waals surface area contributed by atoms with Gasteiger partial charge >= 0.3 is 5.97 Å². The highest BCUT2D eigenvalue weighted by Crippen LogP contribution is 2.32. The molecule has 0 spiro atoms. The fraction of sp³-hybridized carbons (Fsp3) is 0.364.